The Morgan fingerprint density at radius 2 is 2.24 bits per heavy atom. The summed E-state index contributed by atoms with van der Waals surface area (Å²) in [4.78, 5) is 11.6. The van der Waals surface area contributed by atoms with Crippen molar-refractivity contribution in [1.29, 1.82) is 0 Å². The van der Waals surface area contributed by atoms with Gasteiger partial charge in [0.25, 0.3) is 5.91 Å². The first-order valence-electron chi connectivity index (χ1n) is 5.85. The van der Waals surface area contributed by atoms with Crippen LogP contribution in [0.4, 0.5) is 5.69 Å². The zero-order valence-corrected chi connectivity index (χ0v) is 10.6. The largest absolute Gasteiger partial charge is 0.481 e. The Labute approximate surface area is 102 Å². The van der Waals surface area contributed by atoms with Crippen LogP contribution >= 0.6 is 0 Å². The minimum Gasteiger partial charge on any atom is -0.481 e. The van der Waals surface area contributed by atoms with E-state index in [0.29, 0.717) is 18.0 Å². The van der Waals surface area contributed by atoms with Crippen molar-refractivity contribution in [1.82, 2.24) is 5.32 Å². The Hall–Kier alpha value is -1.71. The number of rotatable bonds is 5. The molecule has 0 aliphatic heterocycles. The van der Waals surface area contributed by atoms with Gasteiger partial charge in [-0.05, 0) is 44.0 Å². The Morgan fingerprint density at radius 3 is 2.82 bits per heavy atom. The quantitative estimate of drug-likeness (QED) is 0.767. The molecule has 0 aromatic heterocycles. The van der Waals surface area contributed by atoms with E-state index in [9.17, 15) is 4.79 Å². The third kappa shape index (κ3) is 3.98. The minimum atomic E-state index is -0.496. The van der Waals surface area contributed by atoms with Crippen molar-refractivity contribution in [3.8, 4) is 5.75 Å². The van der Waals surface area contributed by atoms with E-state index in [1.807, 2.05) is 19.9 Å². The maximum Gasteiger partial charge on any atom is 0.260 e. The van der Waals surface area contributed by atoms with Crippen LogP contribution in [0.1, 0.15) is 25.8 Å². The standard InChI is InChI=1S/C13H20N2O2/c1-4-7-15-13(16)10(3)17-12-6-5-11(14)8-9(12)2/h5-6,8,10H,4,7,14H2,1-3H3,(H,15,16). The molecule has 1 atom stereocenters. The van der Waals surface area contributed by atoms with Crippen LogP contribution in [0.25, 0.3) is 0 Å². The van der Waals surface area contributed by atoms with Crippen LogP contribution in [-0.2, 0) is 4.79 Å². The van der Waals surface area contributed by atoms with Gasteiger partial charge >= 0.3 is 0 Å². The number of nitrogen functional groups attached to an aromatic ring is 1. The van der Waals surface area contributed by atoms with Gasteiger partial charge in [0.2, 0.25) is 0 Å². The van der Waals surface area contributed by atoms with E-state index in [1.54, 1.807) is 19.1 Å². The molecule has 0 aliphatic rings. The summed E-state index contributed by atoms with van der Waals surface area (Å²) in [5, 5.41) is 2.79. The van der Waals surface area contributed by atoms with E-state index in [2.05, 4.69) is 5.32 Å². The lowest BCUT2D eigenvalue weighted by molar-refractivity contribution is -0.127. The van der Waals surface area contributed by atoms with Crippen LogP contribution in [0.3, 0.4) is 0 Å². The number of carbonyl (C=O) groups excluding carboxylic acids is 1. The molecule has 1 unspecified atom stereocenters. The summed E-state index contributed by atoms with van der Waals surface area (Å²) in [5.41, 5.74) is 7.27. The fourth-order valence-corrected chi connectivity index (χ4v) is 1.44. The van der Waals surface area contributed by atoms with Gasteiger partial charge in [0.05, 0.1) is 0 Å². The zero-order valence-electron chi connectivity index (χ0n) is 10.6. The first-order chi connectivity index (χ1) is 8.04. The van der Waals surface area contributed by atoms with Crippen LogP contribution in [0.2, 0.25) is 0 Å². The maximum absolute atomic E-state index is 11.6. The average molecular weight is 236 g/mol. The topological polar surface area (TPSA) is 64.3 Å². The van der Waals surface area contributed by atoms with Crippen LogP contribution in [0.5, 0.6) is 5.75 Å². The molecule has 0 bridgehead atoms. The molecule has 1 amide bonds. The number of anilines is 1. The van der Waals surface area contributed by atoms with E-state index in [0.717, 1.165) is 12.0 Å². The summed E-state index contributed by atoms with van der Waals surface area (Å²) in [7, 11) is 0. The highest BCUT2D eigenvalue weighted by molar-refractivity contribution is 5.80. The van der Waals surface area contributed by atoms with Crippen molar-refractivity contribution >= 4 is 11.6 Å². The number of hydrogen-bond donors (Lipinski definition) is 2. The van der Waals surface area contributed by atoms with Crippen LogP contribution in [0, 0.1) is 6.92 Å². The minimum absolute atomic E-state index is 0.0944. The van der Waals surface area contributed by atoms with Crippen molar-refractivity contribution < 1.29 is 9.53 Å². The van der Waals surface area contributed by atoms with Gasteiger partial charge in [-0.1, -0.05) is 6.92 Å². The summed E-state index contributed by atoms with van der Waals surface area (Å²) < 4.78 is 5.59. The first-order valence-corrected chi connectivity index (χ1v) is 5.85. The fraction of sp³-hybridized carbons (Fsp3) is 0.462. The van der Waals surface area contributed by atoms with Crippen LogP contribution < -0.4 is 15.8 Å². The van der Waals surface area contributed by atoms with Gasteiger partial charge in [0.1, 0.15) is 5.75 Å². The second-order valence-electron chi connectivity index (χ2n) is 4.08. The monoisotopic (exact) mass is 236 g/mol. The lowest BCUT2D eigenvalue weighted by Crippen LogP contribution is -2.36. The molecule has 0 saturated heterocycles. The highest BCUT2D eigenvalue weighted by Crippen LogP contribution is 2.21. The molecule has 0 heterocycles. The highest BCUT2D eigenvalue weighted by atomic mass is 16.5. The second-order valence-corrected chi connectivity index (χ2v) is 4.08. The molecule has 4 nitrogen and oxygen atoms in total. The fourth-order valence-electron chi connectivity index (χ4n) is 1.44. The van der Waals surface area contributed by atoms with E-state index < -0.39 is 6.10 Å². The molecule has 3 N–H and O–H groups in total. The van der Waals surface area contributed by atoms with Gasteiger partial charge in [-0.15, -0.1) is 0 Å². The molecule has 4 heteroatoms. The molecular weight excluding hydrogens is 216 g/mol. The summed E-state index contributed by atoms with van der Waals surface area (Å²) in [6.07, 6.45) is 0.420. The smallest absolute Gasteiger partial charge is 0.260 e. The van der Waals surface area contributed by atoms with Crippen molar-refractivity contribution in [3.05, 3.63) is 23.8 Å². The van der Waals surface area contributed by atoms with E-state index >= 15 is 0 Å². The summed E-state index contributed by atoms with van der Waals surface area (Å²) in [5.74, 6) is 0.599. The molecule has 1 aromatic rings. The molecule has 0 radical (unpaired) electrons. The predicted molar refractivity (Wildman–Crippen MR) is 69.0 cm³/mol. The third-order valence-electron chi connectivity index (χ3n) is 2.42. The molecule has 0 saturated carbocycles. The summed E-state index contributed by atoms with van der Waals surface area (Å²) in [6, 6.07) is 5.37. The van der Waals surface area contributed by atoms with Gasteiger partial charge in [0, 0.05) is 12.2 Å². The maximum atomic E-state index is 11.6. The number of hydrogen-bond acceptors (Lipinski definition) is 3. The number of benzene rings is 1. The van der Waals surface area contributed by atoms with Gasteiger partial charge in [-0.3, -0.25) is 4.79 Å². The van der Waals surface area contributed by atoms with E-state index in [1.165, 1.54) is 0 Å². The number of aryl methyl sites for hydroxylation is 1. The first kappa shape index (κ1) is 13.4. The van der Waals surface area contributed by atoms with Gasteiger partial charge in [-0.25, -0.2) is 0 Å². The average Bonchev–Trinajstić information content (AvgIpc) is 2.29. The molecular formula is C13H20N2O2. The number of nitrogens with two attached hydrogens (primary N) is 1. The summed E-state index contributed by atoms with van der Waals surface area (Å²) >= 11 is 0. The molecule has 94 valence electrons. The third-order valence-corrected chi connectivity index (χ3v) is 2.42. The lowest BCUT2D eigenvalue weighted by Gasteiger charge is -2.16. The Morgan fingerprint density at radius 1 is 1.53 bits per heavy atom. The van der Waals surface area contributed by atoms with E-state index in [-0.39, 0.29) is 5.91 Å². The SMILES string of the molecule is CCCNC(=O)C(C)Oc1ccc(N)cc1C. The van der Waals surface area contributed by atoms with Crippen molar-refractivity contribution in [2.75, 3.05) is 12.3 Å². The highest BCUT2D eigenvalue weighted by Gasteiger charge is 2.14. The normalized spacial score (nSPS) is 11.9. The molecule has 1 rings (SSSR count). The number of amides is 1. The van der Waals surface area contributed by atoms with Crippen molar-refractivity contribution in [2.24, 2.45) is 0 Å². The molecule has 0 aliphatic carbocycles. The number of carbonyl (C=O) groups is 1. The van der Waals surface area contributed by atoms with Gasteiger partial charge in [-0.2, -0.15) is 0 Å². The zero-order chi connectivity index (χ0) is 12.8. The van der Waals surface area contributed by atoms with Crippen molar-refractivity contribution in [2.45, 2.75) is 33.3 Å². The van der Waals surface area contributed by atoms with Crippen LogP contribution in [0.15, 0.2) is 18.2 Å². The van der Waals surface area contributed by atoms with Gasteiger partial charge < -0.3 is 15.8 Å². The van der Waals surface area contributed by atoms with E-state index in [4.69, 9.17) is 10.5 Å². The molecule has 1 aromatic carbocycles. The van der Waals surface area contributed by atoms with Gasteiger partial charge in [0.15, 0.2) is 6.10 Å². The second kappa shape index (κ2) is 6.13. The Bertz CT molecular complexity index is 391. The predicted octanol–water partition coefficient (Wildman–Crippen LogP) is 1.87. The number of nitrogens with one attached hydrogen (secondary N) is 1. The summed E-state index contributed by atoms with van der Waals surface area (Å²) in [6.45, 7) is 6.33. The molecule has 0 fully saturated rings. The van der Waals surface area contributed by atoms with Crippen LogP contribution in [-0.4, -0.2) is 18.6 Å². The number of ether oxygens (including phenoxy) is 1. The Kier molecular flexibility index (Phi) is 4.82. The van der Waals surface area contributed by atoms with Crippen molar-refractivity contribution in [3.63, 3.8) is 0 Å². The molecule has 0 spiro atoms. The molecule has 17 heavy (non-hydrogen) atoms. The lowest BCUT2D eigenvalue weighted by atomic mass is 10.2. The Balaban J connectivity index is 2.61.